The van der Waals surface area contributed by atoms with Crippen LogP contribution in [0.5, 0.6) is 23.1 Å². The summed E-state index contributed by atoms with van der Waals surface area (Å²) in [6.07, 6.45) is 0. The zero-order valence-corrected chi connectivity index (χ0v) is 19.9. The fraction of sp³-hybridized carbons (Fsp3) is 0.0833. The number of methoxy groups -OCH3 is 2. The average Bonchev–Trinajstić information content (AvgIpc) is 2.83. The highest BCUT2D eigenvalue weighted by atomic mass is 79.9. The van der Waals surface area contributed by atoms with Crippen molar-refractivity contribution in [3.63, 3.8) is 0 Å². The molecule has 0 radical (unpaired) electrons. The molecule has 0 saturated heterocycles. The van der Waals surface area contributed by atoms with Gasteiger partial charge in [0.1, 0.15) is 5.82 Å². The van der Waals surface area contributed by atoms with E-state index < -0.39 is 0 Å². The molecule has 3 aromatic carbocycles. The van der Waals surface area contributed by atoms with Crippen LogP contribution in [0.25, 0.3) is 10.8 Å². The minimum Gasteiger partial charge on any atom is -0.493 e. The second-order valence-electron chi connectivity index (χ2n) is 6.86. The van der Waals surface area contributed by atoms with E-state index in [1.807, 2.05) is 0 Å². The van der Waals surface area contributed by atoms with Crippen LogP contribution in [0.15, 0.2) is 54.6 Å². The van der Waals surface area contributed by atoms with Gasteiger partial charge in [0.15, 0.2) is 11.5 Å². The molecule has 10 heteroatoms. The zero-order chi connectivity index (χ0) is 23.4. The number of rotatable bonds is 6. The van der Waals surface area contributed by atoms with Crippen LogP contribution in [0.2, 0.25) is 0 Å². The molecule has 0 unspecified atom stereocenters. The number of nitrogens with zero attached hydrogens (tertiary/aromatic N) is 4. The summed E-state index contributed by atoms with van der Waals surface area (Å²) in [5, 5.41) is 22.7. The second kappa shape index (κ2) is 10.4. The van der Waals surface area contributed by atoms with Crippen LogP contribution < -0.4 is 25.3 Å². The molecule has 34 heavy (non-hydrogen) atoms. The molecule has 0 amide bonds. The van der Waals surface area contributed by atoms with Crippen LogP contribution in [0.1, 0.15) is 11.1 Å². The molecule has 0 aliphatic rings. The van der Waals surface area contributed by atoms with E-state index in [0.29, 0.717) is 34.1 Å². The molecule has 0 spiro atoms. The number of hydrogen-bond acceptors (Lipinski definition) is 9. The molecular formula is C24H19BrN6O3. The van der Waals surface area contributed by atoms with E-state index in [0.717, 1.165) is 10.8 Å². The molecule has 1 heterocycles. The lowest BCUT2D eigenvalue weighted by molar-refractivity contribution is 0.345. The summed E-state index contributed by atoms with van der Waals surface area (Å²) in [7, 11) is 3.03. The topological polar surface area (TPSA) is 139 Å². The summed E-state index contributed by atoms with van der Waals surface area (Å²) in [6, 6.07) is 19.5. The summed E-state index contributed by atoms with van der Waals surface area (Å²) in [5.41, 5.74) is 7.70. The smallest absolute Gasteiger partial charge is 0.232 e. The fourth-order valence-corrected chi connectivity index (χ4v) is 3.26. The Balaban J connectivity index is 0.00000324. The molecule has 0 atom stereocenters. The monoisotopic (exact) mass is 518 g/mol. The summed E-state index contributed by atoms with van der Waals surface area (Å²) in [5.74, 6) is 1.70. The van der Waals surface area contributed by atoms with Crippen molar-refractivity contribution in [1.82, 2.24) is 9.97 Å². The van der Waals surface area contributed by atoms with E-state index in [1.165, 1.54) is 20.3 Å². The average molecular weight is 519 g/mol. The van der Waals surface area contributed by atoms with Gasteiger partial charge in [-0.15, -0.1) is 17.0 Å². The van der Waals surface area contributed by atoms with Crippen molar-refractivity contribution in [3.05, 3.63) is 65.7 Å². The predicted molar refractivity (Wildman–Crippen MR) is 133 cm³/mol. The summed E-state index contributed by atoms with van der Waals surface area (Å²) >= 11 is 0. The minimum absolute atomic E-state index is 0. The molecule has 9 nitrogen and oxygen atoms in total. The van der Waals surface area contributed by atoms with Gasteiger partial charge in [-0.3, -0.25) is 0 Å². The van der Waals surface area contributed by atoms with Gasteiger partial charge in [-0.25, -0.2) is 0 Å². The number of nitrogens with one attached hydrogen (secondary N) is 1. The number of anilines is 3. The van der Waals surface area contributed by atoms with E-state index in [1.54, 1.807) is 48.5 Å². The van der Waals surface area contributed by atoms with Crippen LogP contribution in [0, 0.1) is 22.7 Å². The lowest BCUT2D eigenvalue weighted by Crippen LogP contribution is -2.03. The maximum absolute atomic E-state index is 9.20. The number of fused-ring (bicyclic) bond motifs is 1. The Morgan fingerprint density at radius 2 is 1.56 bits per heavy atom. The Kier molecular flexibility index (Phi) is 7.36. The molecule has 170 valence electrons. The summed E-state index contributed by atoms with van der Waals surface area (Å²) < 4.78 is 17.2. The first kappa shape index (κ1) is 24.1. The lowest BCUT2D eigenvalue weighted by atomic mass is 10.1. The molecule has 0 aliphatic heterocycles. The number of nitrogens with two attached hydrogens (primary N) is 1. The minimum atomic E-state index is 0. The largest absolute Gasteiger partial charge is 0.493 e. The van der Waals surface area contributed by atoms with E-state index in [9.17, 15) is 5.26 Å². The number of aromatic nitrogens is 2. The molecule has 0 aliphatic carbocycles. The molecule has 4 aromatic rings. The number of nitriles is 2. The van der Waals surface area contributed by atoms with Crippen LogP contribution >= 0.6 is 17.0 Å². The highest BCUT2D eigenvalue weighted by molar-refractivity contribution is 8.93. The number of benzene rings is 3. The van der Waals surface area contributed by atoms with Crippen LogP contribution in [-0.2, 0) is 0 Å². The van der Waals surface area contributed by atoms with Crippen LogP contribution in [0.3, 0.4) is 0 Å². The van der Waals surface area contributed by atoms with Crippen molar-refractivity contribution in [2.45, 2.75) is 0 Å². The Morgan fingerprint density at radius 1 is 0.853 bits per heavy atom. The number of hydrogen-bond donors (Lipinski definition) is 2. The van der Waals surface area contributed by atoms with E-state index in [2.05, 4.69) is 27.4 Å². The molecule has 0 bridgehead atoms. The SMILES string of the molecule is Br.COc1cc2cc(C#N)ccc2c(OC)c1Oc1cc(N)nc(Nc2ccc(C#N)cc2)n1. The third-order valence-electron chi connectivity index (χ3n) is 4.77. The first-order valence-corrected chi connectivity index (χ1v) is 9.73. The third-order valence-corrected chi connectivity index (χ3v) is 4.77. The highest BCUT2D eigenvalue weighted by Gasteiger charge is 2.19. The molecular weight excluding hydrogens is 500 g/mol. The highest BCUT2D eigenvalue weighted by Crippen LogP contribution is 2.45. The Hall–Kier alpha value is -4.54. The van der Waals surface area contributed by atoms with Crippen molar-refractivity contribution in [1.29, 1.82) is 10.5 Å². The lowest BCUT2D eigenvalue weighted by Gasteiger charge is -2.16. The first-order chi connectivity index (χ1) is 16.0. The maximum Gasteiger partial charge on any atom is 0.232 e. The number of nitrogen functional groups attached to an aromatic ring is 1. The van der Waals surface area contributed by atoms with E-state index >= 15 is 0 Å². The molecule has 3 N–H and O–H groups in total. The zero-order valence-electron chi connectivity index (χ0n) is 18.2. The summed E-state index contributed by atoms with van der Waals surface area (Å²) in [6.45, 7) is 0. The van der Waals surface area contributed by atoms with Gasteiger partial charge in [-0.05, 0) is 53.9 Å². The van der Waals surface area contributed by atoms with Crippen molar-refractivity contribution < 1.29 is 14.2 Å². The van der Waals surface area contributed by atoms with Crippen LogP contribution in [-0.4, -0.2) is 24.2 Å². The summed E-state index contributed by atoms with van der Waals surface area (Å²) in [4.78, 5) is 8.57. The molecule has 0 saturated carbocycles. The van der Waals surface area contributed by atoms with E-state index in [4.69, 9.17) is 25.2 Å². The van der Waals surface area contributed by atoms with Crippen molar-refractivity contribution in [2.24, 2.45) is 0 Å². The van der Waals surface area contributed by atoms with Crippen LogP contribution in [0.4, 0.5) is 17.5 Å². The van der Waals surface area contributed by atoms with E-state index in [-0.39, 0.29) is 34.6 Å². The van der Waals surface area contributed by atoms with Gasteiger partial charge in [0, 0.05) is 17.1 Å². The normalized spacial score (nSPS) is 9.88. The fourth-order valence-electron chi connectivity index (χ4n) is 3.26. The first-order valence-electron chi connectivity index (χ1n) is 9.73. The maximum atomic E-state index is 9.20. The van der Waals surface area contributed by atoms with Gasteiger partial charge < -0.3 is 25.3 Å². The third kappa shape index (κ3) is 4.93. The quantitative estimate of drug-likeness (QED) is 0.357. The predicted octanol–water partition coefficient (Wildman–Crippen LogP) is 5.09. The van der Waals surface area contributed by atoms with Gasteiger partial charge in [0.25, 0.3) is 0 Å². The van der Waals surface area contributed by atoms with Gasteiger partial charge in [0.2, 0.25) is 17.6 Å². The number of ether oxygens (including phenoxy) is 3. The van der Waals surface area contributed by atoms with Gasteiger partial charge in [-0.1, -0.05) is 0 Å². The Morgan fingerprint density at radius 3 is 2.21 bits per heavy atom. The molecule has 1 aromatic heterocycles. The van der Waals surface area contributed by atoms with Crippen molar-refractivity contribution in [2.75, 3.05) is 25.3 Å². The van der Waals surface area contributed by atoms with Gasteiger partial charge in [0.05, 0.1) is 37.5 Å². The number of halogens is 1. The van der Waals surface area contributed by atoms with Gasteiger partial charge >= 0.3 is 0 Å². The second-order valence-corrected chi connectivity index (χ2v) is 6.86. The van der Waals surface area contributed by atoms with Crippen molar-refractivity contribution in [3.8, 4) is 35.3 Å². The standard InChI is InChI=1S/C24H18N6O3.BrH/c1-31-19-10-16-9-15(13-26)5-8-18(16)22(32-2)23(19)33-21-11-20(27)29-24(30-21)28-17-6-3-14(12-25)4-7-17;/h3-11H,1-2H3,(H3,27,28,29,30);1H. The van der Waals surface area contributed by atoms with Crippen molar-refractivity contribution >= 4 is 45.2 Å². The molecule has 0 fully saturated rings. The Labute approximate surface area is 206 Å². The van der Waals surface area contributed by atoms with Gasteiger partial charge in [-0.2, -0.15) is 20.5 Å². The molecule has 4 rings (SSSR count). The Bertz CT molecular complexity index is 1430.